The Morgan fingerprint density at radius 3 is 2.32 bits per heavy atom. The number of nitrogens with two attached hydrogens (primary N) is 1. The van der Waals surface area contributed by atoms with Gasteiger partial charge in [-0.1, -0.05) is 20.3 Å². The van der Waals surface area contributed by atoms with Crippen LogP contribution >= 0.6 is 12.6 Å². The van der Waals surface area contributed by atoms with Crippen molar-refractivity contribution in [2.75, 3.05) is 12.3 Å². The van der Waals surface area contributed by atoms with Crippen LogP contribution in [0.25, 0.3) is 0 Å². The standard InChI is InChI=1S/C19H32N4O7S/c1-3-10(2)15(20)17(27)22-12(9-31)18(28)23-8-4-5-13(23)16(26)21-11(19(29)30)6-7-14(24)25/h10-13,15,31H,3-9,20H2,1-2H3,(H,21,26)(H,22,27)(H,24,25)(H,29,30). The van der Waals surface area contributed by atoms with Crippen LogP contribution < -0.4 is 16.4 Å². The van der Waals surface area contributed by atoms with Crippen molar-refractivity contribution >= 4 is 42.3 Å². The molecule has 0 spiro atoms. The minimum Gasteiger partial charge on any atom is -0.481 e. The lowest BCUT2D eigenvalue weighted by Crippen LogP contribution is -2.58. The summed E-state index contributed by atoms with van der Waals surface area (Å²) in [5.41, 5.74) is 5.91. The van der Waals surface area contributed by atoms with Gasteiger partial charge in [0.2, 0.25) is 17.7 Å². The van der Waals surface area contributed by atoms with E-state index in [1.165, 1.54) is 4.90 Å². The summed E-state index contributed by atoms with van der Waals surface area (Å²) >= 11 is 4.14. The van der Waals surface area contributed by atoms with Gasteiger partial charge in [-0.15, -0.1) is 0 Å². The van der Waals surface area contributed by atoms with Crippen molar-refractivity contribution in [3.63, 3.8) is 0 Å². The molecule has 0 aromatic rings. The zero-order valence-electron chi connectivity index (χ0n) is 17.7. The zero-order chi connectivity index (χ0) is 23.7. The number of carboxylic acids is 2. The van der Waals surface area contributed by atoms with Crippen LogP contribution in [-0.2, 0) is 24.0 Å². The number of hydrogen-bond donors (Lipinski definition) is 6. The smallest absolute Gasteiger partial charge is 0.326 e. The van der Waals surface area contributed by atoms with Crippen molar-refractivity contribution in [3.8, 4) is 0 Å². The number of carbonyl (C=O) groups is 5. The summed E-state index contributed by atoms with van der Waals surface area (Å²) in [5.74, 6) is -4.29. The average molecular weight is 461 g/mol. The van der Waals surface area contributed by atoms with E-state index in [1.807, 2.05) is 13.8 Å². The number of likely N-dealkylation sites (tertiary alicyclic amines) is 1. The molecule has 31 heavy (non-hydrogen) atoms. The maximum Gasteiger partial charge on any atom is 0.326 e. The Morgan fingerprint density at radius 1 is 1.16 bits per heavy atom. The van der Waals surface area contributed by atoms with E-state index in [0.717, 1.165) is 0 Å². The molecule has 0 aromatic heterocycles. The number of nitrogens with one attached hydrogen (secondary N) is 2. The van der Waals surface area contributed by atoms with Gasteiger partial charge in [0.1, 0.15) is 18.1 Å². The first kappa shape index (κ1) is 26.7. The SMILES string of the molecule is CCC(C)C(N)C(=O)NC(CS)C(=O)N1CCCC1C(=O)NC(CCC(=O)O)C(=O)O. The molecule has 1 aliphatic heterocycles. The lowest BCUT2D eigenvalue weighted by atomic mass is 9.99. The third-order valence-electron chi connectivity index (χ3n) is 5.46. The van der Waals surface area contributed by atoms with Gasteiger partial charge in [0.25, 0.3) is 0 Å². The molecule has 5 unspecified atom stereocenters. The molecule has 0 radical (unpaired) electrons. The van der Waals surface area contributed by atoms with Gasteiger partial charge in [-0.2, -0.15) is 12.6 Å². The number of carbonyl (C=O) groups excluding carboxylic acids is 3. The highest BCUT2D eigenvalue weighted by Gasteiger charge is 2.39. The third kappa shape index (κ3) is 7.69. The molecule has 1 saturated heterocycles. The van der Waals surface area contributed by atoms with Crippen LogP contribution in [0.15, 0.2) is 0 Å². The quantitative estimate of drug-likeness (QED) is 0.205. The molecule has 0 aliphatic carbocycles. The summed E-state index contributed by atoms with van der Waals surface area (Å²) < 4.78 is 0. The second kappa shape index (κ2) is 12.5. The Labute approximate surface area is 186 Å². The highest BCUT2D eigenvalue weighted by molar-refractivity contribution is 7.80. The molecular weight excluding hydrogens is 428 g/mol. The first-order valence-corrected chi connectivity index (χ1v) is 10.9. The van der Waals surface area contributed by atoms with Crippen molar-refractivity contribution in [1.29, 1.82) is 0 Å². The first-order chi connectivity index (χ1) is 14.5. The Bertz CT molecular complexity index is 690. The maximum atomic E-state index is 13.0. The van der Waals surface area contributed by atoms with E-state index in [0.29, 0.717) is 19.3 Å². The average Bonchev–Trinajstić information content (AvgIpc) is 3.22. The molecule has 12 heteroatoms. The Kier molecular flexibility index (Phi) is 10.8. The molecule has 176 valence electrons. The van der Waals surface area contributed by atoms with Crippen molar-refractivity contribution in [2.45, 2.75) is 70.1 Å². The molecule has 1 rings (SSSR count). The monoisotopic (exact) mass is 460 g/mol. The molecule has 1 aliphatic rings. The predicted molar refractivity (Wildman–Crippen MR) is 114 cm³/mol. The number of aliphatic carboxylic acids is 2. The molecule has 0 aromatic carbocycles. The lowest BCUT2D eigenvalue weighted by molar-refractivity contribution is -0.145. The van der Waals surface area contributed by atoms with Crippen LogP contribution in [-0.4, -0.2) is 81.2 Å². The van der Waals surface area contributed by atoms with E-state index >= 15 is 0 Å². The normalized spacial score (nSPS) is 19.7. The molecule has 5 atom stereocenters. The van der Waals surface area contributed by atoms with E-state index in [9.17, 15) is 29.1 Å². The number of carboxylic acid groups (broad SMARTS) is 2. The number of rotatable bonds is 12. The zero-order valence-corrected chi connectivity index (χ0v) is 18.6. The van der Waals surface area contributed by atoms with Gasteiger partial charge in [0.15, 0.2) is 0 Å². The molecule has 0 saturated carbocycles. The Balaban J connectivity index is 2.84. The topological polar surface area (TPSA) is 179 Å². The molecule has 0 bridgehead atoms. The number of nitrogens with zero attached hydrogens (tertiary/aromatic N) is 1. The highest BCUT2D eigenvalue weighted by Crippen LogP contribution is 2.19. The second-order valence-electron chi connectivity index (χ2n) is 7.68. The van der Waals surface area contributed by atoms with Crippen LogP contribution in [0.4, 0.5) is 0 Å². The Morgan fingerprint density at radius 2 is 1.81 bits per heavy atom. The van der Waals surface area contributed by atoms with Crippen molar-refractivity contribution in [2.24, 2.45) is 11.7 Å². The molecule has 3 amide bonds. The van der Waals surface area contributed by atoms with Crippen LogP contribution in [0.2, 0.25) is 0 Å². The minimum atomic E-state index is -1.38. The number of amides is 3. The van der Waals surface area contributed by atoms with Crippen LogP contribution in [0.3, 0.4) is 0 Å². The van der Waals surface area contributed by atoms with Gasteiger partial charge >= 0.3 is 11.9 Å². The first-order valence-electron chi connectivity index (χ1n) is 10.3. The van der Waals surface area contributed by atoms with Crippen LogP contribution in [0, 0.1) is 5.92 Å². The van der Waals surface area contributed by atoms with Gasteiger partial charge in [0.05, 0.1) is 6.04 Å². The molecule has 6 N–H and O–H groups in total. The van der Waals surface area contributed by atoms with E-state index in [1.54, 1.807) is 0 Å². The van der Waals surface area contributed by atoms with E-state index < -0.39 is 60.2 Å². The third-order valence-corrected chi connectivity index (χ3v) is 5.82. The van der Waals surface area contributed by atoms with Crippen LogP contribution in [0.5, 0.6) is 0 Å². The van der Waals surface area contributed by atoms with Gasteiger partial charge in [-0.05, 0) is 25.2 Å². The molecule has 11 nitrogen and oxygen atoms in total. The summed E-state index contributed by atoms with van der Waals surface area (Å²) in [5, 5.41) is 22.9. The van der Waals surface area contributed by atoms with Crippen LogP contribution in [0.1, 0.15) is 46.0 Å². The fourth-order valence-electron chi connectivity index (χ4n) is 3.26. The second-order valence-corrected chi connectivity index (χ2v) is 8.04. The maximum absolute atomic E-state index is 13.0. The van der Waals surface area contributed by atoms with Crippen molar-refractivity contribution in [3.05, 3.63) is 0 Å². The molecule has 1 fully saturated rings. The van der Waals surface area contributed by atoms with E-state index in [4.69, 9.17) is 10.8 Å². The largest absolute Gasteiger partial charge is 0.481 e. The van der Waals surface area contributed by atoms with Crippen molar-refractivity contribution in [1.82, 2.24) is 15.5 Å². The fraction of sp³-hybridized carbons (Fsp3) is 0.737. The van der Waals surface area contributed by atoms with Crippen molar-refractivity contribution < 1.29 is 34.2 Å². The summed E-state index contributed by atoms with van der Waals surface area (Å²) in [6.45, 7) is 3.99. The minimum absolute atomic E-state index is 0.000991. The number of thiol groups is 1. The van der Waals surface area contributed by atoms with Gasteiger partial charge in [0, 0.05) is 18.7 Å². The summed E-state index contributed by atoms with van der Waals surface area (Å²) in [7, 11) is 0. The van der Waals surface area contributed by atoms with E-state index in [-0.39, 0.29) is 24.6 Å². The summed E-state index contributed by atoms with van der Waals surface area (Å²) in [6.07, 6.45) is 0.836. The molecule has 1 heterocycles. The summed E-state index contributed by atoms with van der Waals surface area (Å²) in [4.78, 5) is 61.3. The van der Waals surface area contributed by atoms with Gasteiger partial charge in [-0.3, -0.25) is 19.2 Å². The predicted octanol–water partition coefficient (Wildman–Crippen LogP) is -0.800. The lowest BCUT2D eigenvalue weighted by Gasteiger charge is -2.29. The number of hydrogen-bond acceptors (Lipinski definition) is 7. The fourth-order valence-corrected chi connectivity index (χ4v) is 3.51. The van der Waals surface area contributed by atoms with E-state index in [2.05, 4.69) is 23.3 Å². The summed E-state index contributed by atoms with van der Waals surface area (Å²) in [6, 6.07) is -4.07. The highest BCUT2D eigenvalue weighted by atomic mass is 32.1. The Hall–Kier alpha value is -2.34. The molecular formula is C19H32N4O7S. The van der Waals surface area contributed by atoms with Gasteiger partial charge < -0.3 is 31.5 Å². The van der Waals surface area contributed by atoms with Gasteiger partial charge in [-0.25, -0.2) is 4.79 Å².